The van der Waals surface area contributed by atoms with Crippen LogP contribution in [0.1, 0.15) is 64.7 Å². The van der Waals surface area contributed by atoms with Crippen LogP contribution in [0.5, 0.6) is 0 Å². The van der Waals surface area contributed by atoms with Gasteiger partial charge >= 0.3 is 0 Å². The Morgan fingerprint density at radius 1 is 1.05 bits per heavy atom. The summed E-state index contributed by atoms with van der Waals surface area (Å²) in [5.41, 5.74) is 0.290. The molecule has 19 heavy (non-hydrogen) atoms. The van der Waals surface area contributed by atoms with Crippen molar-refractivity contribution >= 4 is 0 Å². The Bertz CT molecular complexity index is 292. The topological polar surface area (TPSA) is 21.3 Å². The van der Waals surface area contributed by atoms with Gasteiger partial charge in [0.05, 0.1) is 5.60 Å². The van der Waals surface area contributed by atoms with Crippen LogP contribution in [-0.4, -0.2) is 25.3 Å². The van der Waals surface area contributed by atoms with Gasteiger partial charge in [-0.1, -0.05) is 26.2 Å². The molecule has 1 heterocycles. The lowest BCUT2D eigenvalue weighted by Gasteiger charge is -2.46. The fraction of sp³-hybridized carbons (Fsp3) is 1.00. The zero-order valence-electron chi connectivity index (χ0n) is 12.8. The minimum Gasteiger partial charge on any atom is -0.375 e. The van der Waals surface area contributed by atoms with E-state index in [-0.39, 0.29) is 0 Å². The number of rotatable bonds is 2. The van der Waals surface area contributed by atoms with Crippen molar-refractivity contribution in [2.24, 2.45) is 17.8 Å². The lowest BCUT2D eigenvalue weighted by molar-refractivity contribution is -0.127. The number of ether oxygens (including phenoxy) is 1. The Labute approximate surface area is 118 Å². The Hall–Kier alpha value is -0.0800. The molecule has 110 valence electrons. The maximum atomic E-state index is 6.27. The lowest BCUT2D eigenvalue weighted by Crippen LogP contribution is -2.44. The summed E-state index contributed by atoms with van der Waals surface area (Å²) in [5.74, 6) is 2.73. The van der Waals surface area contributed by atoms with E-state index in [9.17, 15) is 0 Å². The van der Waals surface area contributed by atoms with Crippen molar-refractivity contribution < 1.29 is 4.74 Å². The molecule has 0 aromatic carbocycles. The third-order valence-corrected chi connectivity index (χ3v) is 6.39. The van der Waals surface area contributed by atoms with Crippen LogP contribution in [0, 0.1) is 17.8 Å². The van der Waals surface area contributed by atoms with Crippen LogP contribution in [0.3, 0.4) is 0 Å². The van der Waals surface area contributed by atoms with Crippen LogP contribution in [0.4, 0.5) is 0 Å². The molecule has 2 aliphatic carbocycles. The first kappa shape index (κ1) is 13.9. The minimum atomic E-state index is 0.290. The average Bonchev–Trinajstić information content (AvgIpc) is 2.81. The van der Waals surface area contributed by atoms with Crippen LogP contribution >= 0.6 is 0 Å². The molecule has 0 bridgehead atoms. The van der Waals surface area contributed by atoms with Gasteiger partial charge in [-0.3, -0.25) is 0 Å². The number of hydrogen-bond acceptors (Lipinski definition) is 2. The Morgan fingerprint density at radius 3 is 2.53 bits per heavy atom. The highest BCUT2D eigenvalue weighted by molar-refractivity contribution is 4.96. The third-order valence-electron chi connectivity index (χ3n) is 6.39. The van der Waals surface area contributed by atoms with Crippen molar-refractivity contribution in [3.05, 3.63) is 0 Å². The number of nitrogens with one attached hydrogen (secondary N) is 1. The second-order valence-electron chi connectivity index (χ2n) is 7.34. The summed E-state index contributed by atoms with van der Waals surface area (Å²) in [6, 6.07) is 0.759. The SMILES string of the molecule is CNC1CCC(C2CCOC3(CCCCC3)C2)C1C. The van der Waals surface area contributed by atoms with Crippen LogP contribution in [0.15, 0.2) is 0 Å². The Kier molecular flexibility index (Phi) is 4.19. The van der Waals surface area contributed by atoms with Crippen molar-refractivity contribution in [2.75, 3.05) is 13.7 Å². The van der Waals surface area contributed by atoms with E-state index in [0.717, 1.165) is 30.4 Å². The molecule has 2 nitrogen and oxygen atoms in total. The van der Waals surface area contributed by atoms with Gasteiger partial charge in [0.1, 0.15) is 0 Å². The fourth-order valence-corrected chi connectivity index (χ4v) is 5.24. The van der Waals surface area contributed by atoms with Crippen molar-refractivity contribution in [3.8, 4) is 0 Å². The van der Waals surface area contributed by atoms with E-state index in [0.29, 0.717) is 5.60 Å². The molecule has 3 rings (SSSR count). The van der Waals surface area contributed by atoms with E-state index in [1.165, 1.54) is 57.8 Å². The second kappa shape index (κ2) is 5.73. The molecule has 1 aliphatic heterocycles. The maximum Gasteiger partial charge on any atom is 0.0685 e. The largest absolute Gasteiger partial charge is 0.375 e. The predicted octanol–water partition coefficient (Wildman–Crippen LogP) is 3.75. The van der Waals surface area contributed by atoms with E-state index < -0.39 is 0 Å². The first-order valence-electron chi connectivity index (χ1n) is 8.55. The van der Waals surface area contributed by atoms with Crippen LogP contribution in [0.25, 0.3) is 0 Å². The summed E-state index contributed by atoms with van der Waals surface area (Å²) < 4.78 is 6.27. The summed E-state index contributed by atoms with van der Waals surface area (Å²) in [6.45, 7) is 3.50. The summed E-state index contributed by atoms with van der Waals surface area (Å²) in [4.78, 5) is 0. The quantitative estimate of drug-likeness (QED) is 0.821. The molecule has 3 aliphatic rings. The van der Waals surface area contributed by atoms with Crippen LogP contribution in [0.2, 0.25) is 0 Å². The molecule has 0 radical (unpaired) electrons. The van der Waals surface area contributed by atoms with Gasteiger partial charge < -0.3 is 10.1 Å². The second-order valence-corrected chi connectivity index (χ2v) is 7.34. The van der Waals surface area contributed by atoms with Gasteiger partial charge in [0.15, 0.2) is 0 Å². The van der Waals surface area contributed by atoms with E-state index >= 15 is 0 Å². The van der Waals surface area contributed by atoms with Crippen molar-refractivity contribution in [1.29, 1.82) is 0 Å². The minimum absolute atomic E-state index is 0.290. The van der Waals surface area contributed by atoms with E-state index in [1.54, 1.807) is 0 Å². The highest BCUT2D eigenvalue weighted by Crippen LogP contribution is 2.47. The predicted molar refractivity (Wildman–Crippen MR) is 79.2 cm³/mol. The average molecular weight is 265 g/mol. The molecule has 0 aromatic rings. The Morgan fingerprint density at radius 2 is 1.84 bits per heavy atom. The molecule has 2 saturated carbocycles. The van der Waals surface area contributed by atoms with Crippen molar-refractivity contribution in [3.63, 3.8) is 0 Å². The van der Waals surface area contributed by atoms with Gasteiger partial charge in [-0.25, -0.2) is 0 Å². The first-order chi connectivity index (χ1) is 9.24. The van der Waals surface area contributed by atoms with Gasteiger partial charge in [0.2, 0.25) is 0 Å². The highest BCUT2D eigenvalue weighted by Gasteiger charge is 2.44. The molecule has 1 saturated heterocycles. The Balaban J connectivity index is 1.65. The van der Waals surface area contributed by atoms with Gasteiger partial charge in [-0.15, -0.1) is 0 Å². The molecule has 0 aromatic heterocycles. The summed E-state index contributed by atoms with van der Waals surface area (Å²) in [6.07, 6.45) is 12.4. The molecule has 3 fully saturated rings. The van der Waals surface area contributed by atoms with Gasteiger partial charge in [0, 0.05) is 12.6 Å². The highest BCUT2D eigenvalue weighted by atomic mass is 16.5. The maximum absolute atomic E-state index is 6.27. The molecular formula is C17H31NO. The molecule has 1 N–H and O–H groups in total. The van der Waals surface area contributed by atoms with Gasteiger partial charge in [-0.05, 0) is 63.3 Å². The molecule has 0 amide bonds. The number of hydrogen-bond donors (Lipinski definition) is 1. The summed E-state index contributed by atoms with van der Waals surface area (Å²) in [5, 5.41) is 3.52. The van der Waals surface area contributed by atoms with Crippen molar-refractivity contribution in [1.82, 2.24) is 5.32 Å². The first-order valence-corrected chi connectivity index (χ1v) is 8.55. The van der Waals surface area contributed by atoms with E-state index in [4.69, 9.17) is 4.74 Å². The van der Waals surface area contributed by atoms with Crippen molar-refractivity contribution in [2.45, 2.75) is 76.4 Å². The van der Waals surface area contributed by atoms with Gasteiger partial charge in [-0.2, -0.15) is 0 Å². The molecule has 4 unspecified atom stereocenters. The zero-order valence-corrected chi connectivity index (χ0v) is 12.8. The zero-order chi connectivity index (χ0) is 13.3. The third kappa shape index (κ3) is 2.71. The lowest BCUT2D eigenvalue weighted by atomic mass is 9.70. The normalized spacial score (nSPS) is 42.6. The molecule has 4 atom stereocenters. The van der Waals surface area contributed by atoms with Crippen LogP contribution in [-0.2, 0) is 4.74 Å². The summed E-state index contributed by atoms with van der Waals surface area (Å²) in [7, 11) is 2.14. The van der Waals surface area contributed by atoms with Gasteiger partial charge in [0.25, 0.3) is 0 Å². The molecule has 2 heteroatoms. The van der Waals surface area contributed by atoms with E-state index in [2.05, 4.69) is 19.3 Å². The molecular weight excluding hydrogens is 234 g/mol. The fourth-order valence-electron chi connectivity index (χ4n) is 5.24. The summed E-state index contributed by atoms with van der Waals surface area (Å²) >= 11 is 0. The standard InChI is InChI=1S/C17H31NO/c1-13-15(6-7-16(13)18-2)14-8-11-19-17(12-14)9-4-3-5-10-17/h13-16,18H,3-12H2,1-2H3. The van der Waals surface area contributed by atoms with Crippen LogP contribution < -0.4 is 5.32 Å². The van der Waals surface area contributed by atoms with E-state index in [1.807, 2.05) is 0 Å². The smallest absolute Gasteiger partial charge is 0.0685 e. The monoisotopic (exact) mass is 265 g/mol. The molecule has 1 spiro atoms.